The molecule has 6 heteroatoms. The van der Waals surface area contributed by atoms with Crippen molar-refractivity contribution in [2.75, 3.05) is 30.3 Å². The van der Waals surface area contributed by atoms with Gasteiger partial charge in [0.1, 0.15) is 12.4 Å². The summed E-state index contributed by atoms with van der Waals surface area (Å²) in [7, 11) is 0. The van der Waals surface area contributed by atoms with E-state index in [4.69, 9.17) is 4.74 Å². The van der Waals surface area contributed by atoms with E-state index in [9.17, 15) is 9.59 Å². The Labute approximate surface area is 194 Å². The lowest BCUT2D eigenvalue weighted by molar-refractivity contribution is -0.114. The number of benzene rings is 3. The second kappa shape index (κ2) is 11.2. The number of hydrogen-bond donors (Lipinski definition) is 2. The van der Waals surface area contributed by atoms with Gasteiger partial charge < -0.3 is 20.3 Å². The van der Waals surface area contributed by atoms with Gasteiger partial charge in [0.25, 0.3) is 5.91 Å². The highest BCUT2D eigenvalue weighted by atomic mass is 16.5. The van der Waals surface area contributed by atoms with Crippen molar-refractivity contribution in [3.8, 4) is 5.75 Å². The number of nitrogens with zero attached hydrogens (tertiary/aromatic N) is 1. The number of hydrogen-bond acceptors (Lipinski definition) is 4. The van der Waals surface area contributed by atoms with E-state index in [-0.39, 0.29) is 18.4 Å². The Kier molecular flexibility index (Phi) is 7.59. The van der Waals surface area contributed by atoms with E-state index < -0.39 is 0 Å². The molecule has 0 saturated carbocycles. The molecule has 170 valence electrons. The topological polar surface area (TPSA) is 70.7 Å². The first-order valence-corrected chi connectivity index (χ1v) is 11.4. The fourth-order valence-corrected chi connectivity index (χ4v) is 3.85. The predicted molar refractivity (Wildman–Crippen MR) is 131 cm³/mol. The Morgan fingerprint density at radius 1 is 0.848 bits per heavy atom. The Bertz CT molecular complexity index is 1080. The van der Waals surface area contributed by atoms with Gasteiger partial charge in [0.05, 0.1) is 12.2 Å². The fraction of sp³-hybridized carbons (Fsp3) is 0.259. The number of amides is 2. The van der Waals surface area contributed by atoms with Crippen LogP contribution in [0.4, 0.5) is 11.4 Å². The molecule has 0 spiro atoms. The van der Waals surface area contributed by atoms with Crippen LogP contribution in [0.2, 0.25) is 0 Å². The molecule has 1 fully saturated rings. The molecular formula is C27H29N3O3. The Balaban J connectivity index is 1.32. The van der Waals surface area contributed by atoms with E-state index in [0.717, 1.165) is 37.2 Å². The minimum atomic E-state index is -0.196. The van der Waals surface area contributed by atoms with Crippen molar-refractivity contribution in [1.29, 1.82) is 0 Å². The van der Waals surface area contributed by atoms with Crippen molar-refractivity contribution in [1.82, 2.24) is 4.90 Å². The average Bonchev–Trinajstić information content (AvgIpc) is 2.88. The van der Waals surface area contributed by atoms with Crippen molar-refractivity contribution in [3.63, 3.8) is 0 Å². The van der Waals surface area contributed by atoms with Crippen LogP contribution < -0.4 is 15.4 Å². The zero-order chi connectivity index (χ0) is 22.9. The monoisotopic (exact) mass is 443 g/mol. The zero-order valence-electron chi connectivity index (χ0n) is 18.6. The molecule has 1 heterocycles. The SMILES string of the molecule is O=C(CNc1cccc(C(=O)N2CCCCC2)c1)Nc1ccccc1OCc1ccccc1. The molecule has 0 atom stereocenters. The molecule has 1 aliphatic rings. The first-order valence-electron chi connectivity index (χ1n) is 11.4. The van der Waals surface area contributed by atoms with Crippen LogP contribution in [0.3, 0.4) is 0 Å². The maximum Gasteiger partial charge on any atom is 0.253 e. The van der Waals surface area contributed by atoms with Gasteiger partial charge in [-0.3, -0.25) is 9.59 Å². The van der Waals surface area contributed by atoms with Crippen LogP contribution in [0.5, 0.6) is 5.75 Å². The van der Waals surface area contributed by atoms with Gasteiger partial charge in [-0.1, -0.05) is 48.5 Å². The second-order valence-electron chi connectivity index (χ2n) is 8.11. The molecule has 3 aromatic rings. The average molecular weight is 444 g/mol. The molecular weight excluding hydrogens is 414 g/mol. The van der Waals surface area contributed by atoms with E-state index in [1.54, 1.807) is 6.07 Å². The first-order chi connectivity index (χ1) is 16.2. The van der Waals surface area contributed by atoms with Gasteiger partial charge in [-0.05, 0) is 55.2 Å². The molecule has 0 aromatic heterocycles. The Morgan fingerprint density at radius 3 is 2.42 bits per heavy atom. The Hall–Kier alpha value is -3.80. The van der Waals surface area contributed by atoms with E-state index in [1.807, 2.05) is 77.7 Å². The largest absolute Gasteiger partial charge is 0.487 e. The second-order valence-corrected chi connectivity index (χ2v) is 8.11. The van der Waals surface area contributed by atoms with Crippen LogP contribution >= 0.6 is 0 Å². The summed E-state index contributed by atoms with van der Waals surface area (Å²) in [4.78, 5) is 27.2. The highest BCUT2D eigenvalue weighted by Crippen LogP contribution is 2.25. The van der Waals surface area contributed by atoms with Gasteiger partial charge in [0.2, 0.25) is 5.91 Å². The van der Waals surface area contributed by atoms with Gasteiger partial charge in [0.15, 0.2) is 0 Å². The maximum absolute atomic E-state index is 12.7. The van der Waals surface area contributed by atoms with Crippen LogP contribution in [0.1, 0.15) is 35.2 Å². The molecule has 0 unspecified atom stereocenters. The van der Waals surface area contributed by atoms with Crippen molar-refractivity contribution in [2.45, 2.75) is 25.9 Å². The molecule has 1 saturated heterocycles. The lowest BCUT2D eigenvalue weighted by Gasteiger charge is -2.26. The van der Waals surface area contributed by atoms with E-state index in [0.29, 0.717) is 23.6 Å². The van der Waals surface area contributed by atoms with Crippen LogP contribution in [-0.4, -0.2) is 36.3 Å². The number of nitrogens with one attached hydrogen (secondary N) is 2. The summed E-state index contributed by atoms with van der Waals surface area (Å²) >= 11 is 0. The molecule has 6 nitrogen and oxygen atoms in total. The number of ether oxygens (including phenoxy) is 1. The highest BCUT2D eigenvalue weighted by Gasteiger charge is 2.18. The third-order valence-corrected chi connectivity index (χ3v) is 5.60. The molecule has 2 amide bonds. The van der Waals surface area contributed by atoms with Crippen molar-refractivity contribution >= 4 is 23.2 Å². The minimum absolute atomic E-state index is 0.0484. The summed E-state index contributed by atoms with van der Waals surface area (Å²) < 4.78 is 5.91. The number of para-hydroxylation sites is 2. The lowest BCUT2D eigenvalue weighted by atomic mass is 10.1. The highest BCUT2D eigenvalue weighted by molar-refractivity contribution is 5.96. The summed E-state index contributed by atoms with van der Waals surface area (Å²) in [6, 6.07) is 24.6. The molecule has 4 rings (SSSR count). The van der Waals surface area contributed by atoms with Crippen LogP contribution in [0, 0.1) is 0 Å². The molecule has 3 aromatic carbocycles. The van der Waals surface area contributed by atoms with E-state index in [2.05, 4.69) is 10.6 Å². The summed E-state index contributed by atoms with van der Waals surface area (Å²) in [6.45, 7) is 2.12. The molecule has 2 N–H and O–H groups in total. The van der Waals surface area contributed by atoms with E-state index in [1.165, 1.54) is 6.42 Å². The number of piperidine rings is 1. The number of anilines is 2. The smallest absolute Gasteiger partial charge is 0.253 e. The maximum atomic E-state index is 12.7. The third-order valence-electron chi connectivity index (χ3n) is 5.60. The summed E-state index contributed by atoms with van der Waals surface area (Å²) in [5.41, 5.74) is 3.05. The van der Waals surface area contributed by atoms with Crippen molar-refractivity contribution < 1.29 is 14.3 Å². The van der Waals surface area contributed by atoms with E-state index >= 15 is 0 Å². The molecule has 0 radical (unpaired) electrons. The number of carbonyl (C=O) groups excluding carboxylic acids is 2. The van der Waals surface area contributed by atoms with Crippen molar-refractivity contribution in [2.24, 2.45) is 0 Å². The van der Waals surface area contributed by atoms with Gasteiger partial charge in [-0.25, -0.2) is 0 Å². The zero-order valence-corrected chi connectivity index (χ0v) is 18.6. The molecule has 0 bridgehead atoms. The van der Waals surface area contributed by atoms with Crippen molar-refractivity contribution in [3.05, 3.63) is 90.0 Å². The predicted octanol–water partition coefficient (Wildman–Crippen LogP) is 4.94. The van der Waals surface area contributed by atoms with Gasteiger partial charge in [-0.2, -0.15) is 0 Å². The molecule has 1 aliphatic heterocycles. The standard InChI is InChI=1S/C27H29N3O3/c31-26(29-24-14-5-6-15-25(24)33-20-21-10-3-1-4-11-21)19-28-23-13-9-12-22(18-23)27(32)30-16-7-2-8-17-30/h1,3-6,9-15,18,28H,2,7-8,16-17,19-20H2,(H,29,31). The fourth-order valence-electron chi connectivity index (χ4n) is 3.85. The minimum Gasteiger partial charge on any atom is -0.487 e. The molecule has 33 heavy (non-hydrogen) atoms. The molecule has 0 aliphatic carbocycles. The number of likely N-dealkylation sites (tertiary alicyclic amines) is 1. The summed E-state index contributed by atoms with van der Waals surface area (Å²) in [5.74, 6) is 0.467. The van der Waals surface area contributed by atoms with Gasteiger partial charge in [-0.15, -0.1) is 0 Å². The van der Waals surface area contributed by atoms with Gasteiger partial charge >= 0.3 is 0 Å². The summed E-state index contributed by atoms with van der Waals surface area (Å²) in [6.07, 6.45) is 3.29. The Morgan fingerprint density at radius 2 is 1.61 bits per heavy atom. The third kappa shape index (κ3) is 6.35. The summed E-state index contributed by atoms with van der Waals surface area (Å²) in [5, 5.41) is 6.02. The number of rotatable bonds is 8. The van der Waals surface area contributed by atoms with Gasteiger partial charge in [0, 0.05) is 24.3 Å². The first kappa shape index (κ1) is 22.4. The van der Waals surface area contributed by atoms with Crippen LogP contribution in [0.25, 0.3) is 0 Å². The normalized spacial score (nSPS) is 13.3. The van der Waals surface area contributed by atoms with Crippen LogP contribution in [-0.2, 0) is 11.4 Å². The number of carbonyl (C=O) groups is 2. The van der Waals surface area contributed by atoms with Crippen LogP contribution in [0.15, 0.2) is 78.9 Å². The lowest BCUT2D eigenvalue weighted by Crippen LogP contribution is -2.35. The quantitative estimate of drug-likeness (QED) is 0.517.